The maximum atomic E-state index is 13.0. The lowest BCUT2D eigenvalue weighted by Gasteiger charge is -2.28. The van der Waals surface area contributed by atoms with Gasteiger partial charge < -0.3 is 9.47 Å². The first-order chi connectivity index (χ1) is 9.18. The summed E-state index contributed by atoms with van der Waals surface area (Å²) >= 11 is 0. The number of halogens is 1. The van der Waals surface area contributed by atoms with Crippen LogP contribution in [-0.4, -0.2) is 27.5 Å². The van der Waals surface area contributed by atoms with Crippen LogP contribution < -0.4 is 0 Å². The van der Waals surface area contributed by atoms with Crippen LogP contribution in [0.5, 0.6) is 0 Å². The molecule has 0 saturated carbocycles. The van der Waals surface area contributed by atoms with E-state index in [0.29, 0.717) is 13.2 Å². The lowest BCUT2D eigenvalue weighted by atomic mass is 10.1. The molecular weight excluding hydrogens is 249 g/mol. The molecule has 2 atom stereocenters. The van der Waals surface area contributed by atoms with Crippen LogP contribution in [0.15, 0.2) is 36.9 Å². The molecule has 0 amide bonds. The lowest BCUT2D eigenvalue weighted by molar-refractivity contribution is -0.186. The van der Waals surface area contributed by atoms with E-state index < -0.39 is 5.79 Å². The monoisotopic (exact) mass is 263 g/mol. The number of benzene rings is 1. The van der Waals surface area contributed by atoms with Crippen molar-refractivity contribution in [3.63, 3.8) is 0 Å². The van der Waals surface area contributed by atoms with Crippen LogP contribution in [0.25, 0.3) is 0 Å². The second-order valence-corrected chi connectivity index (χ2v) is 4.59. The molecule has 1 fully saturated rings. The molecule has 1 aromatic carbocycles. The average Bonchev–Trinajstić information content (AvgIpc) is 3.01. The first kappa shape index (κ1) is 12.3. The second-order valence-electron chi connectivity index (χ2n) is 4.59. The van der Waals surface area contributed by atoms with Crippen molar-refractivity contribution >= 4 is 0 Å². The molecule has 0 N–H and O–H groups in total. The molecule has 6 heteroatoms. The third-order valence-corrected chi connectivity index (χ3v) is 3.06. The minimum Gasteiger partial charge on any atom is -0.342 e. The van der Waals surface area contributed by atoms with Crippen molar-refractivity contribution in [2.24, 2.45) is 0 Å². The topological polar surface area (TPSA) is 49.2 Å². The van der Waals surface area contributed by atoms with Crippen molar-refractivity contribution in [1.29, 1.82) is 0 Å². The van der Waals surface area contributed by atoms with Gasteiger partial charge in [-0.1, -0.05) is 12.1 Å². The van der Waals surface area contributed by atoms with E-state index in [9.17, 15) is 4.39 Å². The zero-order valence-corrected chi connectivity index (χ0v) is 10.5. The van der Waals surface area contributed by atoms with E-state index in [-0.39, 0.29) is 11.9 Å². The summed E-state index contributed by atoms with van der Waals surface area (Å²) < 4.78 is 26.4. The third-order valence-electron chi connectivity index (χ3n) is 3.06. The maximum Gasteiger partial charge on any atom is 0.215 e. The Bertz CT molecular complexity index is 544. The molecule has 5 nitrogen and oxygen atoms in total. The summed E-state index contributed by atoms with van der Waals surface area (Å²) in [6, 6.07) is 6.14. The Morgan fingerprint density at radius 2 is 2.21 bits per heavy atom. The van der Waals surface area contributed by atoms with Gasteiger partial charge in [0, 0.05) is 5.56 Å². The van der Waals surface area contributed by atoms with Crippen molar-refractivity contribution in [3.8, 4) is 0 Å². The molecule has 1 aromatic heterocycles. The van der Waals surface area contributed by atoms with Gasteiger partial charge in [-0.25, -0.2) is 14.1 Å². The Morgan fingerprint density at radius 3 is 2.79 bits per heavy atom. The molecule has 0 spiro atoms. The van der Waals surface area contributed by atoms with Crippen LogP contribution in [-0.2, 0) is 21.8 Å². The fraction of sp³-hybridized carbons (Fsp3) is 0.385. The normalized spacial score (nSPS) is 26.7. The zero-order chi connectivity index (χ0) is 13.3. The average molecular weight is 263 g/mol. The van der Waals surface area contributed by atoms with Gasteiger partial charge in [0.15, 0.2) is 0 Å². The number of aromatic nitrogens is 3. The second kappa shape index (κ2) is 4.71. The fourth-order valence-corrected chi connectivity index (χ4v) is 2.20. The van der Waals surface area contributed by atoms with Crippen LogP contribution in [0.3, 0.4) is 0 Å². The SMILES string of the molecule is C[C@H]1CO[C@@](Cn2cncn2)(c2ccc(F)cc2)O1. The Labute approximate surface area is 110 Å². The number of hydrogen-bond acceptors (Lipinski definition) is 4. The lowest BCUT2D eigenvalue weighted by Crippen LogP contribution is -2.33. The molecule has 2 aromatic rings. The highest BCUT2D eigenvalue weighted by atomic mass is 19.1. The van der Waals surface area contributed by atoms with Gasteiger partial charge in [-0.05, 0) is 19.1 Å². The molecule has 19 heavy (non-hydrogen) atoms. The van der Waals surface area contributed by atoms with Gasteiger partial charge in [0.05, 0.1) is 12.7 Å². The van der Waals surface area contributed by atoms with E-state index in [2.05, 4.69) is 10.1 Å². The summed E-state index contributed by atoms with van der Waals surface area (Å²) in [5.41, 5.74) is 0.772. The first-order valence-electron chi connectivity index (χ1n) is 6.08. The predicted molar refractivity (Wildman–Crippen MR) is 64.6 cm³/mol. The first-order valence-corrected chi connectivity index (χ1v) is 6.08. The van der Waals surface area contributed by atoms with E-state index in [1.807, 2.05) is 6.92 Å². The van der Waals surface area contributed by atoms with Gasteiger partial charge in [-0.15, -0.1) is 0 Å². The van der Waals surface area contributed by atoms with Crippen LogP contribution in [0, 0.1) is 5.82 Å². The highest BCUT2D eigenvalue weighted by Gasteiger charge is 2.42. The predicted octanol–water partition coefficient (Wildman–Crippen LogP) is 1.71. The molecule has 1 saturated heterocycles. The van der Waals surface area contributed by atoms with Gasteiger partial charge in [-0.3, -0.25) is 0 Å². The molecule has 1 aliphatic heterocycles. The number of rotatable bonds is 3. The highest BCUT2D eigenvalue weighted by molar-refractivity contribution is 5.22. The fourth-order valence-electron chi connectivity index (χ4n) is 2.20. The number of hydrogen-bond donors (Lipinski definition) is 0. The van der Waals surface area contributed by atoms with Crippen LogP contribution in [0.2, 0.25) is 0 Å². The van der Waals surface area contributed by atoms with Crippen LogP contribution in [0.1, 0.15) is 12.5 Å². The molecule has 0 bridgehead atoms. The van der Waals surface area contributed by atoms with Gasteiger partial charge in [0.1, 0.15) is 25.0 Å². The van der Waals surface area contributed by atoms with E-state index in [4.69, 9.17) is 9.47 Å². The van der Waals surface area contributed by atoms with Gasteiger partial charge in [0.2, 0.25) is 5.79 Å². The summed E-state index contributed by atoms with van der Waals surface area (Å²) in [7, 11) is 0. The molecule has 2 heterocycles. The minimum atomic E-state index is -0.930. The third kappa shape index (κ3) is 2.36. The molecule has 0 radical (unpaired) electrons. The smallest absolute Gasteiger partial charge is 0.215 e. The standard InChI is InChI=1S/C13H14FN3O2/c1-10-6-18-13(19-10,7-17-9-15-8-16-17)11-2-4-12(14)5-3-11/h2-5,8-10H,6-7H2,1H3/t10-,13+/m0/s1. The number of nitrogens with zero attached hydrogens (tertiary/aromatic N) is 3. The van der Waals surface area contributed by atoms with Crippen molar-refractivity contribution in [2.45, 2.75) is 25.4 Å². The van der Waals surface area contributed by atoms with Crippen molar-refractivity contribution in [2.75, 3.05) is 6.61 Å². The van der Waals surface area contributed by atoms with E-state index >= 15 is 0 Å². The Balaban J connectivity index is 1.95. The van der Waals surface area contributed by atoms with E-state index in [1.54, 1.807) is 23.1 Å². The molecule has 1 aliphatic rings. The quantitative estimate of drug-likeness (QED) is 0.845. The van der Waals surface area contributed by atoms with E-state index in [0.717, 1.165) is 5.56 Å². The summed E-state index contributed by atoms with van der Waals surface area (Å²) in [6.45, 7) is 2.81. The van der Waals surface area contributed by atoms with Crippen molar-refractivity contribution in [1.82, 2.24) is 14.8 Å². The van der Waals surface area contributed by atoms with Crippen molar-refractivity contribution < 1.29 is 13.9 Å². The number of ether oxygens (including phenoxy) is 2. The van der Waals surface area contributed by atoms with Crippen LogP contribution >= 0.6 is 0 Å². The van der Waals surface area contributed by atoms with Crippen LogP contribution in [0.4, 0.5) is 4.39 Å². The van der Waals surface area contributed by atoms with Gasteiger partial charge in [0.25, 0.3) is 0 Å². The Kier molecular flexibility index (Phi) is 3.04. The molecule has 3 rings (SSSR count). The molecular formula is C13H14FN3O2. The highest BCUT2D eigenvalue weighted by Crippen LogP contribution is 2.35. The Morgan fingerprint density at radius 1 is 1.42 bits per heavy atom. The van der Waals surface area contributed by atoms with Gasteiger partial charge in [-0.2, -0.15) is 5.10 Å². The molecule has 100 valence electrons. The van der Waals surface area contributed by atoms with E-state index in [1.165, 1.54) is 18.5 Å². The minimum absolute atomic E-state index is 0.0198. The summed E-state index contributed by atoms with van der Waals surface area (Å²) in [4.78, 5) is 3.90. The summed E-state index contributed by atoms with van der Waals surface area (Å²) in [5.74, 6) is -1.22. The largest absolute Gasteiger partial charge is 0.342 e. The maximum absolute atomic E-state index is 13.0. The van der Waals surface area contributed by atoms with Crippen molar-refractivity contribution in [3.05, 3.63) is 48.3 Å². The summed E-state index contributed by atoms with van der Waals surface area (Å²) in [6.07, 6.45) is 3.03. The molecule has 0 aliphatic carbocycles. The van der Waals surface area contributed by atoms with Gasteiger partial charge >= 0.3 is 0 Å². The summed E-state index contributed by atoms with van der Waals surface area (Å²) in [5, 5.41) is 4.06. The zero-order valence-electron chi connectivity index (χ0n) is 10.5. The Hall–Kier alpha value is -1.79. The molecule has 0 unspecified atom stereocenters.